The van der Waals surface area contributed by atoms with Crippen LogP contribution in [-0.4, -0.2) is 29.1 Å². The van der Waals surface area contributed by atoms with E-state index in [9.17, 15) is 9.59 Å². The minimum atomic E-state index is -0.495. The summed E-state index contributed by atoms with van der Waals surface area (Å²) in [5.41, 5.74) is 0.996. The molecule has 7 heteroatoms. The molecule has 128 valence electrons. The number of urea groups is 1. The van der Waals surface area contributed by atoms with E-state index in [2.05, 4.69) is 33.8 Å². The third kappa shape index (κ3) is 5.12. The van der Waals surface area contributed by atoms with Gasteiger partial charge in [-0.15, -0.1) is 0 Å². The number of hydrogen-bond donors (Lipinski definition) is 3. The molecule has 7 nitrogen and oxygen atoms in total. The largest absolute Gasteiger partial charge is 0.342 e. The number of anilines is 2. The smallest absolute Gasteiger partial charge is 0.324 e. The summed E-state index contributed by atoms with van der Waals surface area (Å²) >= 11 is 0. The van der Waals surface area contributed by atoms with Gasteiger partial charge in [-0.25, -0.2) is 4.79 Å². The highest BCUT2D eigenvalue weighted by Crippen LogP contribution is 2.15. The third-order valence-corrected chi connectivity index (χ3v) is 3.51. The van der Waals surface area contributed by atoms with Crippen LogP contribution < -0.4 is 21.1 Å². The molecule has 0 aliphatic carbocycles. The first-order valence-electron chi connectivity index (χ1n) is 7.92. The molecule has 24 heavy (non-hydrogen) atoms. The van der Waals surface area contributed by atoms with Crippen molar-refractivity contribution in [3.63, 3.8) is 0 Å². The first-order chi connectivity index (χ1) is 11.5. The summed E-state index contributed by atoms with van der Waals surface area (Å²) in [4.78, 5) is 32.9. The van der Waals surface area contributed by atoms with E-state index in [1.165, 1.54) is 18.6 Å². The van der Waals surface area contributed by atoms with E-state index in [-0.39, 0.29) is 11.4 Å². The number of aromatic amines is 1. The van der Waals surface area contributed by atoms with Crippen molar-refractivity contribution in [1.82, 2.24) is 15.3 Å². The predicted octanol–water partition coefficient (Wildman–Crippen LogP) is 2.53. The number of rotatable bonds is 5. The lowest BCUT2D eigenvalue weighted by atomic mass is 10.1. The summed E-state index contributed by atoms with van der Waals surface area (Å²) in [5.74, 6) is 0.689. The van der Waals surface area contributed by atoms with Crippen LogP contribution in [0.25, 0.3) is 0 Å². The van der Waals surface area contributed by atoms with Crippen LogP contribution in [0.5, 0.6) is 0 Å². The van der Waals surface area contributed by atoms with Crippen molar-refractivity contribution in [2.45, 2.75) is 26.2 Å². The lowest BCUT2D eigenvalue weighted by molar-refractivity contribution is 0.254. The maximum absolute atomic E-state index is 12.1. The van der Waals surface area contributed by atoms with E-state index in [0.717, 1.165) is 31.5 Å². The summed E-state index contributed by atoms with van der Waals surface area (Å²) in [5, 5.41) is 5.21. The number of piperidine rings is 1. The Morgan fingerprint density at radius 3 is 2.71 bits per heavy atom. The van der Waals surface area contributed by atoms with Crippen molar-refractivity contribution in [1.29, 1.82) is 0 Å². The highest BCUT2D eigenvalue weighted by molar-refractivity contribution is 5.89. The Hall–Kier alpha value is -2.83. The zero-order valence-corrected chi connectivity index (χ0v) is 13.9. The Morgan fingerprint density at radius 2 is 2.08 bits per heavy atom. The monoisotopic (exact) mass is 329 g/mol. The van der Waals surface area contributed by atoms with Crippen LogP contribution in [0.3, 0.4) is 0 Å². The Kier molecular flexibility index (Phi) is 5.95. The van der Waals surface area contributed by atoms with Gasteiger partial charge in [0.15, 0.2) is 0 Å². The number of aromatic nitrogens is 2. The molecular weight excluding hydrogens is 306 g/mol. The summed E-state index contributed by atoms with van der Waals surface area (Å²) in [6, 6.07) is 0.758. The van der Waals surface area contributed by atoms with Gasteiger partial charge in [0.1, 0.15) is 5.82 Å². The molecule has 3 N–H and O–H groups in total. The van der Waals surface area contributed by atoms with E-state index in [4.69, 9.17) is 0 Å². The highest BCUT2D eigenvalue weighted by Gasteiger charge is 2.14. The van der Waals surface area contributed by atoms with Gasteiger partial charge in [0.25, 0.3) is 5.56 Å². The summed E-state index contributed by atoms with van der Waals surface area (Å²) < 4.78 is 0. The van der Waals surface area contributed by atoms with Gasteiger partial charge >= 0.3 is 6.03 Å². The molecule has 1 fully saturated rings. The van der Waals surface area contributed by atoms with E-state index < -0.39 is 6.03 Å². The molecule has 1 aliphatic heterocycles. The van der Waals surface area contributed by atoms with Crippen molar-refractivity contribution in [2.24, 2.45) is 0 Å². The Labute approximate surface area is 141 Å². The molecule has 1 aliphatic rings. The fraction of sp³-hybridized carbons (Fsp3) is 0.353. The van der Waals surface area contributed by atoms with Crippen LogP contribution >= 0.6 is 0 Å². The van der Waals surface area contributed by atoms with Gasteiger partial charge in [-0.05, 0) is 38.3 Å². The average molecular weight is 329 g/mol. The normalized spacial score (nSPS) is 14.9. The van der Waals surface area contributed by atoms with Crippen molar-refractivity contribution < 1.29 is 4.79 Å². The van der Waals surface area contributed by atoms with Gasteiger partial charge in [-0.2, -0.15) is 4.98 Å². The van der Waals surface area contributed by atoms with Gasteiger partial charge in [0.05, 0.1) is 0 Å². The van der Waals surface area contributed by atoms with Gasteiger partial charge in [-0.3, -0.25) is 15.1 Å². The van der Waals surface area contributed by atoms with Crippen LogP contribution in [0.4, 0.5) is 16.6 Å². The lowest BCUT2D eigenvalue weighted by Gasteiger charge is -2.27. The quantitative estimate of drug-likeness (QED) is 0.724. The van der Waals surface area contributed by atoms with Crippen molar-refractivity contribution >= 4 is 17.8 Å². The molecule has 0 bridgehead atoms. The second kappa shape index (κ2) is 8.14. The van der Waals surface area contributed by atoms with Crippen LogP contribution in [0.15, 0.2) is 47.4 Å². The molecule has 1 aromatic rings. The Morgan fingerprint density at radius 1 is 1.38 bits per heavy atom. The van der Waals surface area contributed by atoms with Crippen LogP contribution in [0.2, 0.25) is 0 Å². The number of nitrogens with zero attached hydrogens (tertiary/aromatic N) is 2. The zero-order chi connectivity index (χ0) is 17.5. The van der Waals surface area contributed by atoms with Crippen LogP contribution in [-0.2, 0) is 0 Å². The third-order valence-electron chi connectivity index (χ3n) is 3.51. The number of hydrogen-bond acceptors (Lipinski definition) is 4. The molecule has 0 radical (unpaired) electrons. The van der Waals surface area contributed by atoms with Gasteiger partial charge in [-0.1, -0.05) is 18.7 Å². The highest BCUT2D eigenvalue weighted by atomic mass is 16.2. The van der Waals surface area contributed by atoms with E-state index in [1.54, 1.807) is 6.08 Å². The SMILES string of the molecule is C=C/C(=C\C(=C)C)NC(=O)Nc1cc(=O)[nH]c(N2CCCCC2)n1. The van der Waals surface area contributed by atoms with E-state index >= 15 is 0 Å². The Bertz CT molecular complexity index is 714. The number of nitrogens with one attached hydrogen (secondary N) is 3. The number of carbonyl (C=O) groups excluding carboxylic acids is 1. The maximum atomic E-state index is 12.1. The number of carbonyl (C=O) groups is 1. The molecule has 0 unspecified atom stereocenters. The van der Waals surface area contributed by atoms with E-state index in [0.29, 0.717) is 11.6 Å². The van der Waals surface area contributed by atoms with Crippen molar-refractivity contribution in [3.05, 3.63) is 53.0 Å². The minimum Gasteiger partial charge on any atom is -0.342 e. The fourth-order valence-corrected chi connectivity index (χ4v) is 2.45. The fourth-order valence-electron chi connectivity index (χ4n) is 2.45. The lowest BCUT2D eigenvalue weighted by Crippen LogP contribution is -2.33. The molecule has 0 aromatic carbocycles. The standard InChI is InChI=1S/C17H23N5O2/c1-4-13(10-12(2)3)18-17(24)20-14-11-15(23)21-16(19-14)22-8-6-5-7-9-22/h4,10-11H,1-2,5-9H2,3H3,(H3,18,19,20,21,23,24)/b13-10+. The van der Waals surface area contributed by atoms with Gasteiger partial charge < -0.3 is 10.2 Å². The number of amides is 2. The molecule has 2 rings (SSSR count). The predicted molar refractivity (Wildman–Crippen MR) is 96.2 cm³/mol. The van der Waals surface area contributed by atoms with Crippen molar-refractivity contribution in [2.75, 3.05) is 23.3 Å². The number of allylic oxidation sites excluding steroid dienone is 3. The first-order valence-corrected chi connectivity index (χ1v) is 7.92. The first kappa shape index (κ1) is 17.5. The molecule has 2 amide bonds. The zero-order valence-electron chi connectivity index (χ0n) is 13.9. The molecule has 1 aromatic heterocycles. The summed E-state index contributed by atoms with van der Waals surface area (Å²) in [6.07, 6.45) is 6.52. The Balaban J connectivity index is 2.10. The maximum Gasteiger partial charge on any atom is 0.324 e. The topological polar surface area (TPSA) is 90.1 Å². The second-order valence-electron chi connectivity index (χ2n) is 5.73. The van der Waals surface area contributed by atoms with Crippen LogP contribution in [0, 0.1) is 0 Å². The van der Waals surface area contributed by atoms with Gasteiger partial charge in [0, 0.05) is 24.9 Å². The average Bonchev–Trinajstić information content (AvgIpc) is 2.54. The molecule has 0 atom stereocenters. The van der Waals surface area contributed by atoms with Gasteiger partial charge in [0.2, 0.25) is 5.95 Å². The molecule has 0 spiro atoms. The minimum absolute atomic E-state index is 0.204. The van der Waals surface area contributed by atoms with Crippen molar-refractivity contribution in [3.8, 4) is 0 Å². The molecule has 0 saturated carbocycles. The second-order valence-corrected chi connectivity index (χ2v) is 5.73. The molecule has 1 saturated heterocycles. The summed E-state index contributed by atoms with van der Waals surface area (Å²) in [7, 11) is 0. The molecular formula is C17H23N5O2. The van der Waals surface area contributed by atoms with Crippen LogP contribution in [0.1, 0.15) is 26.2 Å². The summed E-state index contributed by atoms with van der Waals surface area (Å²) in [6.45, 7) is 10.9. The number of H-pyrrole nitrogens is 1. The molecule has 2 heterocycles. The van der Waals surface area contributed by atoms with E-state index in [1.807, 2.05) is 11.8 Å².